The van der Waals surface area contributed by atoms with Crippen molar-refractivity contribution in [3.05, 3.63) is 36.0 Å². The van der Waals surface area contributed by atoms with E-state index in [1.54, 1.807) is 35.4 Å². The number of fused-ring (bicyclic) bond motifs is 1. The van der Waals surface area contributed by atoms with Crippen LogP contribution in [0.2, 0.25) is 0 Å². The number of halogens is 3. The number of nitrogens with zero attached hydrogens (tertiary/aromatic N) is 3. The minimum atomic E-state index is -4.39. The summed E-state index contributed by atoms with van der Waals surface area (Å²) in [4.78, 5) is 18.3. The van der Waals surface area contributed by atoms with Crippen LogP contribution in [-0.2, 0) is 4.79 Å². The molecular formula is C21H22F3N5O. The molecular weight excluding hydrogens is 395 g/mol. The Morgan fingerprint density at radius 3 is 2.73 bits per heavy atom. The number of anilines is 1. The van der Waals surface area contributed by atoms with Crippen LogP contribution in [0.1, 0.15) is 24.8 Å². The second-order valence-corrected chi connectivity index (χ2v) is 8.09. The van der Waals surface area contributed by atoms with Gasteiger partial charge in [-0.15, -0.1) is 0 Å². The summed E-state index contributed by atoms with van der Waals surface area (Å²) in [6.45, 7) is 0.00600. The Hall–Kier alpha value is -2.86. The van der Waals surface area contributed by atoms with E-state index in [2.05, 4.69) is 16.4 Å². The SMILES string of the molecule is N#Cc1ccc(N2C[C@H](NC(=O)[C@@H](N)C3CC3)C[C@H](C(F)(F)F)C2)c2cccnc12. The zero-order valence-electron chi connectivity index (χ0n) is 16.2. The topological polar surface area (TPSA) is 95.0 Å². The molecule has 2 fully saturated rings. The van der Waals surface area contributed by atoms with E-state index in [0.717, 1.165) is 12.8 Å². The number of amides is 1. The summed E-state index contributed by atoms with van der Waals surface area (Å²) < 4.78 is 41.0. The zero-order valence-corrected chi connectivity index (χ0v) is 16.2. The average Bonchev–Trinajstić information content (AvgIpc) is 3.56. The zero-order chi connectivity index (χ0) is 21.5. The van der Waals surface area contributed by atoms with Crippen molar-refractivity contribution in [2.24, 2.45) is 17.6 Å². The van der Waals surface area contributed by atoms with Crippen molar-refractivity contribution in [3.8, 4) is 6.07 Å². The lowest BCUT2D eigenvalue weighted by atomic mass is 9.92. The maximum atomic E-state index is 13.7. The number of piperidine rings is 1. The Kier molecular flexibility index (Phi) is 5.28. The Morgan fingerprint density at radius 1 is 1.30 bits per heavy atom. The van der Waals surface area contributed by atoms with Gasteiger partial charge in [0.05, 0.1) is 23.0 Å². The van der Waals surface area contributed by atoms with Gasteiger partial charge in [-0.2, -0.15) is 18.4 Å². The average molecular weight is 417 g/mol. The summed E-state index contributed by atoms with van der Waals surface area (Å²) in [6.07, 6.45) is -1.28. The molecule has 0 spiro atoms. The Bertz CT molecular complexity index is 998. The highest BCUT2D eigenvalue weighted by Crippen LogP contribution is 2.37. The van der Waals surface area contributed by atoms with Crippen LogP contribution in [-0.4, -0.2) is 42.2 Å². The molecule has 4 rings (SSSR count). The van der Waals surface area contributed by atoms with Crippen LogP contribution >= 0.6 is 0 Å². The van der Waals surface area contributed by atoms with Crippen LogP contribution < -0.4 is 16.0 Å². The molecule has 0 bridgehead atoms. The van der Waals surface area contributed by atoms with Gasteiger partial charge in [-0.05, 0) is 49.4 Å². The highest BCUT2D eigenvalue weighted by Gasteiger charge is 2.45. The van der Waals surface area contributed by atoms with E-state index < -0.39 is 30.1 Å². The fourth-order valence-corrected chi connectivity index (χ4v) is 4.13. The minimum absolute atomic E-state index is 0.122. The monoisotopic (exact) mass is 417 g/mol. The number of carbonyl (C=O) groups is 1. The summed E-state index contributed by atoms with van der Waals surface area (Å²) in [6, 6.07) is 7.36. The fourth-order valence-electron chi connectivity index (χ4n) is 4.13. The fraction of sp³-hybridized carbons (Fsp3) is 0.476. The molecule has 2 heterocycles. The number of nitriles is 1. The molecule has 3 N–H and O–H groups in total. The molecule has 1 amide bonds. The summed E-state index contributed by atoms with van der Waals surface area (Å²) in [7, 11) is 0. The van der Waals surface area contributed by atoms with Gasteiger partial charge in [0.15, 0.2) is 0 Å². The number of rotatable bonds is 4. The number of alkyl halides is 3. The molecule has 1 aromatic carbocycles. The van der Waals surface area contributed by atoms with E-state index in [9.17, 15) is 23.2 Å². The van der Waals surface area contributed by atoms with E-state index >= 15 is 0 Å². The third-order valence-electron chi connectivity index (χ3n) is 5.90. The summed E-state index contributed by atoms with van der Waals surface area (Å²) in [5.74, 6) is -1.86. The first-order chi connectivity index (χ1) is 14.3. The maximum absolute atomic E-state index is 13.7. The molecule has 0 radical (unpaired) electrons. The largest absolute Gasteiger partial charge is 0.393 e. The van der Waals surface area contributed by atoms with Crippen molar-refractivity contribution in [1.82, 2.24) is 10.3 Å². The molecule has 1 saturated carbocycles. The third kappa shape index (κ3) is 4.05. The molecule has 2 aliphatic rings. The molecule has 1 aliphatic carbocycles. The molecule has 30 heavy (non-hydrogen) atoms. The second kappa shape index (κ2) is 7.76. The van der Waals surface area contributed by atoms with Gasteiger partial charge in [0.25, 0.3) is 0 Å². The van der Waals surface area contributed by atoms with Crippen molar-refractivity contribution in [1.29, 1.82) is 5.26 Å². The van der Waals surface area contributed by atoms with E-state index in [1.165, 1.54) is 0 Å². The Balaban J connectivity index is 1.64. The lowest BCUT2D eigenvalue weighted by molar-refractivity contribution is -0.178. The lowest BCUT2D eigenvalue weighted by Crippen LogP contribution is -2.56. The molecule has 1 aromatic heterocycles. The highest BCUT2D eigenvalue weighted by atomic mass is 19.4. The van der Waals surface area contributed by atoms with Crippen molar-refractivity contribution < 1.29 is 18.0 Å². The van der Waals surface area contributed by atoms with Gasteiger partial charge in [0.2, 0.25) is 5.91 Å². The first-order valence-corrected chi connectivity index (χ1v) is 9.93. The molecule has 2 aromatic rings. The van der Waals surface area contributed by atoms with Crippen LogP contribution in [0.4, 0.5) is 18.9 Å². The van der Waals surface area contributed by atoms with Gasteiger partial charge < -0.3 is 16.0 Å². The van der Waals surface area contributed by atoms with Crippen molar-refractivity contribution in [3.63, 3.8) is 0 Å². The molecule has 1 aliphatic heterocycles. The standard InChI is InChI=1S/C21H22F3N5O/c22-21(23,24)14-8-15(28-20(30)18(26)12-3-4-12)11-29(10-14)17-6-5-13(9-25)19-16(17)2-1-7-27-19/h1-2,5-7,12,14-15,18H,3-4,8,10-11,26H2,(H,28,30)/t14-,15+,18-/m0/s1. The van der Waals surface area contributed by atoms with Gasteiger partial charge in [-0.1, -0.05) is 0 Å². The molecule has 6 nitrogen and oxygen atoms in total. The van der Waals surface area contributed by atoms with E-state index in [0.29, 0.717) is 22.2 Å². The number of carbonyl (C=O) groups excluding carboxylic acids is 1. The van der Waals surface area contributed by atoms with Crippen LogP contribution in [0.15, 0.2) is 30.5 Å². The number of hydrogen-bond acceptors (Lipinski definition) is 5. The van der Waals surface area contributed by atoms with Gasteiger partial charge >= 0.3 is 6.18 Å². The van der Waals surface area contributed by atoms with Crippen LogP contribution in [0, 0.1) is 23.2 Å². The number of nitrogens with one attached hydrogen (secondary N) is 1. The second-order valence-electron chi connectivity index (χ2n) is 8.09. The Labute approximate surface area is 171 Å². The van der Waals surface area contributed by atoms with E-state index in [-0.39, 0.29) is 25.4 Å². The number of aromatic nitrogens is 1. The number of benzene rings is 1. The minimum Gasteiger partial charge on any atom is -0.368 e. The summed E-state index contributed by atoms with van der Waals surface area (Å²) >= 11 is 0. The normalized spacial score (nSPS) is 23.1. The Morgan fingerprint density at radius 2 is 2.07 bits per heavy atom. The smallest absolute Gasteiger partial charge is 0.368 e. The van der Waals surface area contributed by atoms with Gasteiger partial charge in [0.1, 0.15) is 6.07 Å². The van der Waals surface area contributed by atoms with Gasteiger partial charge in [-0.25, -0.2) is 0 Å². The first kappa shape index (κ1) is 20.4. The molecule has 1 saturated heterocycles. The van der Waals surface area contributed by atoms with E-state index in [1.807, 2.05) is 0 Å². The van der Waals surface area contributed by atoms with Crippen molar-refractivity contribution in [2.45, 2.75) is 37.5 Å². The maximum Gasteiger partial charge on any atom is 0.393 e. The number of hydrogen-bond donors (Lipinski definition) is 2. The van der Waals surface area contributed by atoms with E-state index in [4.69, 9.17) is 5.73 Å². The summed E-state index contributed by atoms with van der Waals surface area (Å²) in [5, 5.41) is 12.7. The molecule has 9 heteroatoms. The quantitative estimate of drug-likeness (QED) is 0.798. The number of nitrogens with two attached hydrogens (primary N) is 1. The first-order valence-electron chi connectivity index (χ1n) is 9.93. The molecule has 0 unspecified atom stereocenters. The predicted molar refractivity (Wildman–Crippen MR) is 105 cm³/mol. The summed E-state index contributed by atoms with van der Waals surface area (Å²) in [5.41, 5.74) is 7.30. The van der Waals surface area contributed by atoms with Gasteiger partial charge in [0, 0.05) is 36.4 Å². The predicted octanol–water partition coefficient (Wildman–Crippen LogP) is 2.72. The number of pyridine rings is 1. The van der Waals surface area contributed by atoms with Gasteiger partial charge in [-0.3, -0.25) is 9.78 Å². The lowest BCUT2D eigenvalue weighted by Gasteiger charge is -2.40. The van der Waals surface area contributed by atoms with Crippen LogP contribution in [0.5, 0.6) is 0 Å². The van der Waals surface area contributed by atoms with Crippen molar-refractivity contribution >= 4 is 22.5 Å². The highest BCUT2D eigenvalue weighted by molar-refractivity contribution is 5.95. The van der Waals surface area contributed by atoms with Crippen LogP contribution in [0.3, 0.4) is 0 Å². The molecule has 3 atom stereocenters. The van der Waals surface area contributed by atoms with Crippen molar-refractivity contribution in [2.75, 3.05) is 18.0 Å². The van der Waals surface area contributed by atoms with Crippen LogP contribution in [0.25, 0.3) is 10.9 Å². The third-order valence-corrected chi connectivity index (χ3v) is 5.90. The molecule has 158 valence electrons.